The zero-order valence-electron chi connectivity index (χ0n) is 9.03. The predicted molar refractivity (Wildman–Crippen MR) is 65.6 cm³/mol. The second-order valence-electron chi connectivity index (χ2n) is 3.70. The second-order valence-corrected chi connectivity index (χ2v) is 5.02. The molecule has 1 aromatic rings. The van der Waals surface area contributed by atoms with Gasteiger partial charge in [-0.05, 0) is 11.3 Å². The number of hydrogen-bond acceptors (Lipinski definition) is 3. The van der Waals surface area contributed by atoms with Crippen molar-refractivity contribution in [3.8, 4) is 5.75 Å². The minimum atomic E-state index is 0.100. The van der Waals surface area contributed by atoms with Gasteiger partial charge in [-0.15, -0.1) is 0 Å². The Morgan fingerprint density at radius 1 is 1.53 bits per heavy atom. The van der Waals surface area contributed by atoms with E-state index in [-0.39, 0.29) is 6.04 Å². The van der Waals surface area contributed by atoms with E-state index < -0.39 is 0 Å². The first-order valence-electron chi connectivity index (χ1n) is 5.41. The SMILES string of the molecule is CCSCC(N)c1cccc2c1OCC2. The Kier molecular flexibility index (Phi) is 3.54. The van der Waals surface area contributed by atoms with Gasteiger partial charge in [0.05, 0.1) is 6.61 Å². The van der Waals surface area contributed by atoms with Gasteiger partial charge in [-0.25, -0.2) is 0 Å². The van der Waals surface area contributed by atoms with Crippen molar-refractivity contribution in [3.63, 3.8) is 0 Å². The lowest BCUT2D eigenvalue weighted by Crippen LogP contribution is -2.14. The number of benzene rings is 1. The topological polar surface area (TPSA) is 35.2 Å². The third-order valence-electron chi connectivity index (χ3n) is 2.65. The van der Waals surface area contributed by atoms with Crippen molar-refractivity contribution in [3.05, 3.63) is 29.3 Å². The number of thioether (sulfide) groups is 1. The molecule has 15 heavy (non-hydrogen) atoms. The van der Waals surface area contributed by atoms with Crippen LogP contribution in [0.3, 0.4) is 0 Å². The molecule has 0 amide bonds. The summed E-state index contributed by atoms with van der Waals surface area (Å²) in [5.74, 6) is 3.13. The Morgan fingerprint density at radius 2 is 2.40 bits per heavy atom. The van der Waals surface area contributed by atoms with E-state index in [1.54, 1.807) is 0 Å². The number of fused-ring (bicyclic) bond motifs is 1. The van der Waals surface area contributed by atoms with Gasteiger partial charge < -0.3 is 10.5 Å². The van der Waals surface area contributed by atoms with Crippen LogP contribution < -0.4 is 10.5 Å². The van der Waals surface area contributed by atoms with Crippen LogP contribution in [0.5, 0.6) is 5.75 Å². The van der Waals surface area contributed by atoms with Gasteiger partial charge in [0.1, 0.15) is 5.75 Å². The molecule has 0 spiro atoms. The molecule has 0 saturated carbocycles. The third kappa shape index (κ3) is 2.29. The van der Waals surface area contributed by atoms with Crippen LogP contribution in [0.4, 0.5) is 0 Å². The van der Waals surface area contributed by atoms with Crippen LogP contribution in [-0.4, -0.2) is 18.1 Å². The molecule has 1 heterocycles. The summed E-state index contributed by atoms with van der Waals surface area (Å²) in [4.78, 5) is 0. The van der Waals surface area contributed by atoms with E-state index in [2.05, 4.69) is 25.1 Å². The molecule has 0 radical (unpaired) electrons. The van der Waals surface area contributed by atoms with Gasteiger partial charge >= 0.3 is 0 Å². The molecule has 2 nitrogen and oxygen atoms in total. The van der Waals surface area contributed by atoms with Crippen LogP contribution >= 0.6 is 11.8 Å². The highest BCUT2D eigenvalue weighted by Gasteiger charge is 2.19. The van der Waals surface area contributed by atoms with E-state index in [1.807, 2.05) is 11.8 Å². The van der Waals surface area contributed by atoms with Crippen LogP contribution in [0.15, 0.2) is 18.2 Å². The third-order valence-corrected chi connectivity index (χ3v) is 3.65. The molecule has 1 aromatic carbocycles. The Labute approximate surface area is 95.2 Å². The van der Waals surface area contributed by atoms with Crippen molar-refractivity contribution in [1.29, 1.82) is 0 Å². The number of hydrogen-bond donors (Lipinski definition) is 1. The largest absolute Gasteiger partial charge is 0.493 e. The van der Waals surface area contributed by atoms with Gasteiger partial charge in [-0.3, -0.25) is 0 Å². The standard InChI is InChI=1S/C12H17NOS/c1-2-15-8-11(13)10-5-3-4-9-6-7-14-12(9)10/h3-5,11H,2,6-8,13H2,1H3. The molecule has 82 valence electrons. The molecule has 3 heteroatoms. The van der Waals surface area contributed by atoms with Crippen molar-refractivity contribution < 1.29 is 4.74 Å². The average molecular weight is 223 g/mol. The summed E-state index contributed by atoms with van der Waals surface area (Å²) < 4.78 is 5.64. The first-order valence-corrected chi connectivity index (χ1v) is 6.56. The lowest BCUT2D eigenvalue weighted by Gasteiger charge is -2.14. The van der Waals surface area contributed by atoms with Crippen molar-refractivity contribution in [2.75, 3.05) is 18.1 Å². The predicted octanol–water partition coefficient (Wildman–Crippen LogP) is 2.37. The molecule has 0 bridgehead atoms. The highest BCUT2D eigenvalue weighted by Crippen LogP contribution is 2.33. The molecule has 2 N–H and O–H groups in total. The summed E-state index contributed by atoms with van der Waals surface area (Å²) in [5, 5.41) is 0. The van der Waals surface area contributed by atoms with Crippen molar-refractivity contribution in [1.82, 2.24) is 0 Å². The maximum absolute atomic E-state index is 6.15. The Bertz CT molecular complexity index is 340. The van der Waals surface area contributed by atoms with Crippen LogP contribution in [0, 0.1) is 0 Å². The fraction of sp³-hybridized carbons (Fsp3) is 0.500. The smallest absolute Gasteiger partial charge is 0.127 e. The zero-order valence-corrected chi connectivity index (χ0v) is 9.85. The molecule has 1 unspecified atom stereocenters. The van der Waals surface area contributed by atoms with Gasteiger partial charge in [0.15, 0.2) is 0 Å². The quantitative estimate of drug-likeness (QED) is 0.851. The lowest BCUT2D eigenvalue weighted by molar-refractivity contribution is 0.352. The van der Waals surface area contributed by atoms with Gasteiger partial charge in [0, 0.05) is 23.8 Å². The molecular formula is C12H17NOS. The maximum atomic E-state index is 6.15. The maximum Gasteiger partial charge on any atom is 0.127 e. The van der Waals surface area contributed by atoms with Gasteiger partial charge in [0.2, 0.25) is 0 Å². The molecule has 1 atom stereocenters. The lowest BCUT2D eigenvalue weighted by atomic mass is 10.0. The average Bonchev–Trinajstić information content (AvgIpc) is 2.73. The van der Waals surface area contributed by atoms with Gasteiger partial charge in [-0.2, -0.15) is 11.8 Å². The van der Waals surface area contributed by atoms with Crippen LogP contribution in [0.1, 0.15) is 24.1 Å². The normalized spacial score (nSPS) is 15.9. The van der Waals surface area contributed by atoms with E-state index in [1.165, 1.54) is 11.1 Å². The molecule has 1 aliphatic heterocycles. The summed E-state index contributed by atoms with van der Waals surface area (Å²) in [5.41, 5.74) is 8.64. The monoisotopic (exact) mass is 223 g/mol. The highest BCUT2D eigenvalue weighted by molar-refractivity contribution is 7.99. The minimum Gasteiger partial charge on any atom is -0.493 e. The summed E-state index contributed by atoms with van der Waals surface area (Å²) in [6, 6.07) is 6.40. The Hall–Kier alpha value is -0.670. The molecule has 2 rings (SSSR count). The molecule has 0 aliphatic carbocycles. The van der Waals surface area contributed by atoms with Crippen LogP contribution in [-0.2, 0) is 6.42 Å². The summed E-state index contributed by atoms with van der Waals surface area (Å²) in [7, 11) is 0. The van der Waals surface area contributed by atoms with Gasteiger partial charge in [-0.1, -0.05) is 25.1 Å². The number of para-hydroxylation sites is 1. The molecule has 0 aromatic heterocycles. The minimum absolute atomic E-state index is 0.100. The summed E-state index contributed by atoms with van der Waals surface area (Å²) in [6.07, 6.45) is 1.02. The molecule has 0 saturated heterocycles. The van der Waals surface area contributed by atoms with E-state index in [4.69, 9.17) is 10.5 Å². The highest BCUT2D eigenvalue weighted by atomic mass is 32.2. The Balaban J connectivity index is 2.17. The van der Waals surface area contributed by atoms with E-state index >= 15 is 0 Å². The van der Waals surface area contributed by atoms with E-state index in [0.717, 1.165) is 30.3 Å². The van der Waals surface area contributed by atoms with E-state index in [0.29, 0.717) is 0 Å². The fourth-order valence-corrected chi connectivity index (χ4v) is 2.54. The van der Waals surface area contributed by atoms with Gasteiger partial charge in [0.25, 0.3) is 0 Å². The van der Waals surface area contributed by atoms with E-state index in [9.17, 15) is 0 Å². The zero-order chi connectivity index (χ0) is 10.7. The first kappa shape index (κ1) is 10.8. The number of ether oxygens (including phenoxy) is 1. The second kappa shape index (κ2) is 4.90. The fourth-order valence-electron chi connectivity index (χ4n) is 1.87. The summed E-state index contributed by atoms with van der Waals surface area (Å²) in [6.45, 7) is 2.96. The Morgan fingerprint density at radius 3 is 3.20 bits per heavy atom. The van der Waals surface area contributed by atoms with Crippen molar-refractivity contribution in [2.24, 2.45) is 5.73 Å². The van der Waals surface area contributed by atoms with Crippen molar-refractivity contribution >= 4 is 11.8 Å². The molecule has 1 aliphatic rings. The van der Waals surface area contributed by atoms with Crippen LogP contribution in [0.25, 0.3) is 0 Å². The molecular weight excluding hydrogens is 206 g/mol. The number of nitrogens with two attached hydrogens (primary N) is 1. The first-order chi connectivity index (χ1) is 7.33. The van der Waals surface area contributed by atoms with Crippen LogP contribution in [0.2, 0.25) is 0 Å². The molecule has 0 fully saturated rings. The van der Waals surface area contributed by atoms with Crippen molar-refractivity contribution in [2.45, 2.75) is 19.4 Å². The summed E-state index contributed by atoms with van der Waals surface area (Å²) >= 11 is 1.88. The number of rotatable bonds is 4.